The van der Waals surface area contributed by atoms with Crippen LogP contribution in [0, 0.1) is 17.7 Å². The molecule has 0 bridgehead atoms. The predicted molar refractivity (Wildman–Crippen MR) is 109 cm³/mol. The number of hydrogen-bond donors (Lipinski definition) is 4. The first-order chi connectivity index (χ1) is 14.2. The van der Waals surface area contributed by atoms with Gasteiger partial charge >= 0.3 is 7.12 Å². The highest BCUT2D eigenvalue weighted by Gasteiger charge is 2.39. The molecule has 3 rings (SSSR count). The van der Waals surface area contributed by atoms with Gasteiger partial charge in [-0.15, -0.1) is 0 Å². The molecule has 0 aromatic carbocycles. The van der Waals surface area contributed by atoms with Crippen molar-refractivity contribution in [2.75, 3.05) is 11.4 Å². The number of carbonyl (C=O) groups is 2. The van der Waals surface area contributed by atoms with E-state index in [4.69, 9.17) is 0 Å². The van der Waals surface area contributed by atoms with Gasteiger partial charge in [0.25, 0.3) is 0 Å². The van der Waals surface area contributed by atoms with Crippen molar-refractivity contribution in [2.45, 2.75) is 64.0 Å². The highest BCUT2D eigenvalue weighted by atomic mass is 19.1. The maximum atomic E-state index is 13.1. The monoisotopic (exact) mass is 421 g/mol. The van der Waals surface area contributed by atoms with Crippen molar-refractivity contribution in [3.8, 4) is 0 Å². The largest absolute Gasteiger partial charge is 0.475 e. The van der Waals surface area contributed by atoms with E-state index in [1.165, 1.54) is 0 Å². The smallest absolute Gasteiger partial charge is 0.426 e. The molecular formula is C19H29BFN5O4. The number of aromatic nitrogens is 2. The molecule has 1 saturated carbocycles. The molecule has 1 saturated heterocycles. The molecule has 2 amide bonds. The number of nitrogens with one attached hydrogen (secondary N) is 2. The second-order valence-corrected chi connectivity index (χ2v) is 8.60. The van der Waals surface area contributed by atoms with Crippen LogP contribution in [0.15, 0.2) is 12.4 Å². The molecule has 9 nitrogen and oxygen atoms in total. The minimum atomic E-state index is -1.67. The van der Waals surface area contributed by atoms with E-state index >= 15 is 0 Å². The second-order valence-electron chi connectivity index (χ2n) is 8.60. The molecule has 164 valence electrons. The van der Waals surface area contributed by atoms with Crippen LogP contribution in [0.4, 0.5) is 10.3 Å². The third kappa shape index (κ3) is 5.88. The summed E-state index contributed by atoms with van der Waals surface area (Å²) in [6.07, 6.45) is 5.62. The summed E-state index contributed by atoms with van der Waals surface area (Å²) in [4.78, 5) is 35.2. The quantitative estimate of drug-likeness (QED) is 0.392. The lowest BCUT2D eigenvalue weighted by Crippen LogP contribution is -2.61. The van der Waals surface area contributed by atoms with E-state index < -0.39 is 36.9 Å². The lowest BCUT2D eigenvalue weighted by atomic mass is 9.75. The van der Waals surface area contributed by atoms with Crippen molar-refractivity contribution in [2.24, 2.45) is 11.8 Å². The molecule has 11 heteroatoms. The molecule has 1 aliphatic heterocycles. The molecule has 2 fully saturated rings. The minimum absolute atomic E-state index is 0.160. The van der Waals surface area contributed by atoms with E-state index in [0.29, 0.717) is 31.7 Å². The van der Waals surface area contributed by atoms with Crippen LogP contribution in [0.3, 0.4) is 0 Å². The fourth-order valence-corrected chi connectivity index (χ4v) is 3.59. The van der Waals surface area contributed by atoms with E-state index in [1.807, 2.05) is 13.8 Å². The van der Waals surface area contributed by atoms with Crippen molar-refractivity contribution in [1.29, 1.82) is 0 Å². The van der Waals surface area contributed by atoms with Crippen LogP contribution in [0.25, 0.3) is 0 Å². The molecule has 1 aliphatic carbocycles. The maximum absolute atomic E-state index is 13.1. The van der Waals surface area contributed by atoms with Crippen LogP contribution >= 0.6 is 0 Å². The Balaban J connectivity index is 1.63. The normalized spacial score (nSPS) is 20.3. The Morgan fingerprint density at radius 3 is 2.40 bits per heavy atom. The Kier molecular flexibility index (Phi) is 7.25. The SMILES string of the molecule is CC(C)CC(NC(=O)C(CC1CC1)NC(=O)C1CCN1c1ncc(F)cn1)B(O)O. The first-order valence-corrected chi connectivity index (χ1v) is 10.5. The number of anilines is 1. The van der Waals surface area contributed by atoms with Crippen LogP contribution in [-0.2, 0) is 9.59 Å². The Labute approximate surface area is 175 Å². The van der Waals surface area contributed by atoms with E-state index in [-0.39, 0.29) is 17.8 Å². The molecule has 2 heterocycles. The van der Waals surface area contributed by atoms with Crippen LogP contribution in [0.2, 0.25) is 0 Å². The average molecular weight is 421 g/mol. The van der Waals surface area contributed by atoms with Crippen molar-refractivity contribution < 1.29 is 24.0 Å². The highest BCUT2D eigenvalue weighted by molar-refractivity contribution is 6.43. The van der Waals surface area contributed by atoms with Gasteiger partial charge in [0.05, 0.1) is 18.3 Å². The zero-order valence-electron chi connectivity index (χ0n) is 17.3. The van der Waals surface area contributed by atoms with Gasteiger partial charge in [-0.3, -0.25) is 9.59 Å². The highest BCUT2D eigenvalue weighted by Crippen LogP contribution is 2.34. The van der Waals surface area contributed by atoms with Gasteiger partial charge in [0.1, 0.15) is 12.1 Å². The third-order valence-electron chi connectivity index (χ3n) is 5.50. The molecule has 0 radical (unpaired) electrons. The van der Waals surface area contributed by atoms with Crippen molar-refractivity contribution in [3.05, 3.63) is 18.2 Å². The van der Waals surface area contributed by atoms with E-state index in [2.05, 4.69) is 20.6 Å². The molecule has 30 heavy (non-hydrogen) atoms. The maximum Gasteiger partial charge on any atom is 0.475 e. The molecular weight excluding hydrogens is 392 g/mol. The molecule has 3 atom stereocenters. The van der Waals surface area contributed by atoms with Gasteiger partial charge in [-0.2, -0.15) is 0 Å². The van der Waals surface area contributed by atoms with E-state index in [0.717, 1.165) is 25.2 Å². The van der Waals surface area contributed by atoms with Crippen LogP contribution in [0.5, 0.6) is 0 Å². The van der Waals surface area contributed by atoms with E-state index in [1.54, 1.807) is 4.90 Å². The van der Waals surface area contributed by atoms with Crippen molar-refractivity contribution in [1.82, 2.24) is 20.6 Å². The number of nitrogens with zero attached hydrogens (tertiary/aromatic N) is 3. The molecule has 4 N–H and O–H groups in total. The van der Waals surface area contributed by atoms with Crippen LogP contribution in [0.1, 0.15) is 46.0 Å². The van der Waals surface area contributed by atoms with Crippen LogP contribution in [-0.4, -0.2) is 63.5 Å². The summed E-state index contributed by atoms with van der Waals surface area (Å²) in [5.41, 5.74) is 0. The molecule has 2 aliphatic rings. The fraction of sp³-hybridized carbons (Fsp3) is 0.684. The summed E-state index contributed by atoms with van der Waals surface area (Å²) in [6.45, 7) is 4.41. The number of hydrogen-bond acceptors (Lipinski definition) is 7. The van der Waals surface area contributed by atoms with Gasteiger partial charge in [-0.05, 0) is 31.1 Å². The van der Waals surface area contributed by atoms with E-state index in [9.17, 15) is 24.0 Å². The van der Waals surface area contributed by atoms with Gasteiger partial charge in [0, 0.05) is 6.54 Å². The summed E-state index contributed by atoms with van der Waals surface area (Å²) < 4.78 is 13.1. The summed E-state index contributed by atoms with van der Waals surface area (Å²) in [7, 11) is -1.67. The molecule has 3 unspecified atom stereocenters. The topological polar surface area (TPSA) is 128 Å². The summed E-state index contributed by atoms with van der Waals surface area (Å²) >= 11 is 0. The van der Waals surface area contributed by atoms with Crippen LogP contribution < -0.4 is 15.5 Å². The average Bonchev–Trinajstić information content (AvgIpc) is 3.45. The van der Waals surface area contributed by atoms with Gasteiger partial charge in [-0.1, -0.05) is 26.7 Å². The fourth-order valence-electron chi connectivity index (χ4n) is 3.59. The Morgan fingerprint density at radius 1 is 1.23 bits per heavy atom. The number of rotatable bonds is 10. The predicted octanol–water partition coefficient (Wildman–Crippen LogP) is 0.0222. The lowest BCUT2D eigenvalue weighted by molar-refractivity contribution is -0.130. The van der Waals surface area contributed by atoms with Gasteiger partial charge in [-0.25, -0.2) is 14.4 Å². The first-order valence-electron chi connectivity index (χ1n) is 10.5. The summed E-state index contributed by atoms with van der Waals surface area (Å²) in [6, 6.07) is -1.28. The molecule has 1 aromatic heterocycles. The number of carbonyl (C=O) groups excluding carboxylic acids is 2. The van der Waals surface area contributed by atoms with Crippen molar-refractivity contribution >= 4 is 24.9 Å². The first kappa shape index (κ1) is 22.4. The summed E-state index contributed by atoms with van der Waals surface area (Å²) in [5.74, 6) is -1.29. The molecule has 0 spiro atoms. The molecule has 1 aromatic rings. The van der Waals surface area contributed by atoms with Gasteiger partial charge in [0.15, 0.2) is 5.82 Å². The third-order valence-corrected chi connectivity index (χ3v) is 5.50. The number of halogens is 1. The Bertz CT molecular complexity index is 747. The standard InChI is InChI=1S/C19H29BFN5O4/c1-11(2)7-16(20(29)30)25-17(27)14(8-12-3-4-12)24-18(28)15-5-6-26(15)19-22-9-13(21)10-23-19/h9-12,14-16,29-30H,3-8H2,1-2H3,(H,24,28)(H,25,27). The van der Waals surface area contributed by atoms with Gasteiger partial charge < -0.3 is 25.6 Å². The Morgan fingerprint density at radius 2 is 1.90 bits per heavy atom. The zero-order valence-corrected chi connectivity index (χ0v) is 17.3. The summed E-state index contributed by atoms with van der Waals surface area (Å²) in [5, 5.41) is 24.7. The Hall–Kier alpha value is -2.27. The zero-order chi connectivity index (χ0) is 21.8. The lowest BCUT2D eigenvalue weighted by Gasteiger charge is -2.40. The van der Waals surface area contributed by atoms with Gasteiger partial charge in [0.2, 0.25) is 17.8 Å². The number of amides is 2. The second kappa shape index (κ2) is 9.70. The van der Waals surface area contributed by atoms with Crippen molar-refractivity contribution in [3.63, 3.8) is 0 Å². The minimum Gasteiger partial charge on any atom is -0.426 e.